The van der Waals surface area contributed by atoms with Crippen molar-refractivity contribution in [3.63, 3.8) is 0 Å². The Balaban J connectivity index is 1.59. The van der Waals surface area contributed by atoms with E-state index < -0.39 is 6.16 Å². The molecule has 3 saturated carbocycles. The zero-order valence-electron chi connectivity index (χ0n) is 16.3. The Morgan fingerprint density at radius 2 is 1.92 bits per heavy atom. The van der Waals surface area contributed by atoms with Crippen molar-refractivity contribution in [2.45, 2.75) is 78.2 Å². The first-order valence-electron chi connectivity index (χ1n) is 10.4. The van der Waals surface area contributed by atoms with E-state index in [0.717, 1.165) is 25.7 Å². The lowest BCUT2D eigenvalue weighted by Gasteiger charge is -2.58. The van der Waals surface area contributed by atoms with Gasteiger partial charge in [0.1, 0.15) is 6.10 Å². The highest BCUT2D eigenvalue weighted by Crippen LogP contribution is 2.67. The van der Waals surface area contributed by atoms with Crippen LogP contribution in [-0.2, 0) is 9.53 Å². The topological polar surface area (TPSA) is 63.6 Å². The summed E-state index contributed by atoms with van der Waals surface area (Å²) >= 11 is 0. The van der Waals surface area contributed by atoms with Crippen molar-refractivity contribution in [1.29, 1.82) is 0 Å². The summed E-state index contributed by atoms with van der Waals surface area (Å²) in [6.45, 7) is 6.74. The molecular formula is C22H32O4. The van der Waals surface area contributed by atoms with Gasteiger partial charge < -0.3 is 9.84 Å². The third-order valence-corrected chi connectivity index (χ3v) is 8.89. The molecule has 0 bridgehead atoms. The van der Waals surface area contributed by atoms with Crippen LogP contribution in [0.5, 0.6) is 0 Å². The molecular weight excluding hydrogens is 328 g/mol. The number of ketones is 1. The highest BCUT2D eigenvalue weighted by atomic mass is 16.7. The Labute approximate surface area is 156 Å². The molecule has 3 fully saturated rings. The summed E-state index contributed by atoms with van der Waals surface area (Å²) in [5.41, 5.74) is 1.81. The molecule has 1 unspecified atom stereocenters. The van der Waals surface area contributed by atoms with Crippen LogP contribution in [0.4, 0.5) is 4.79 Å². The molecule has 4 aliphatic rings. The van der Waals surface area contributed by atoms with Gasteiger partial charge >= 0.3 is 6.16 Å². The van der Waals surface area contributed by atoms with E-state index >= 15 is 0 Å². The van der Waals surface area contributed by atoms with E-state index in [0.29, 0.717) is 35.9 Å². The number of fused-ring (bicyclic) bond motifs is 5. The highest BCUT2D eigenvalue weighted by molar-refractivity contribution is 5.91. The summed E-state index contributed by atoms with van der Waals surface area (Å²) in [5, 5.41) is 9.04. The van der Waals surface area contributed by atoms with Crippen molar-refractivity contribution in [2.24, 2.45) is 34.5 Å². The zero-order valence-corrected chi connectivity index (χ0v) is 16.3. The number of hydrogen-bond acceptors (Lipinski definition) is 3. The molecule has 0 amide bonds. The minimum atomic E-state index is -1.15. The first-order valence-corrected chi connectivity index (χ1v) is 10.4. The molecule has 0 radical (unpaired) electrons. The maximum Gasteiger partial charge on any atom is 0.506 e. The minimum Gasteiger partial charge on any atom is -0.450 e. The number of hydrogen-bond donors (Lipinski definition) is 1. The molecule has 0 spiro atoms. The fourth-order valence-corrected chi connectivity index (χ4v) is 7.61. The van der Waals surface area contributed by atoms with Crippen LogP contribution >= 0.6 is 0 Å². The number of rotatable bonds is 2. The first-order chi connectivity index (χ1) is 12.3. The van der Waals surface area contributed by atoms with Gasteiger partial charge in [-0.2, -0.15) is 0 Å². The van der Waals surface area contributed by atoms with E-state index in [-0.39, 0.29) is 16.9 Å². The maximum atomic E-state index is 11.9. The van der Waals surface area contributed by atoms with Crippen molar-refractivity contribution in [3.05, 3.63) is 11.6 Å². The van der Waals surface area contributed by atoms with E-state index in [9.17, 15) is 9.59 Å². The number of allylic oxidation sites excluding steroid dienone is 1. The van der Waals surface area contributed by atoms with Crippen LogP contribution in [0.25, 0.3) is 0 Å². The van der Waals surface area contributed by atoms with Crippen molar-refractivity contribution >= 4 is 11.9 Å². The van der Waals surface area contributed by atoms with Gasteiger partial charge in [0, 0.05) is 12.3 Å². The third kappa shape index (κ3) is 2.55. The summed E-state index contributed by atoms with van der Waals surface area (Å²) in [4.78, 5) is 23.0. The molecule has 4 nitrogen and oxygen atoms in total. The average Bonchev–Trinajstić information content (AvgIpc) is 2.92. The molecule has 26 heavy (non-hydrogen) atoms. The molecule has 0 aromatic heterocycles. The number of carbonyl (C=O) groups is 2. The van der Waals surface area contributed by atoms with E-state index in [4.69, 9.17) is 9.84 Å². The Morgan fingerprint density at radius 3 is 2.65 bits per heavy atom. The first kappa shape index (κ1) is 18.1. The minimum absolute atomic E-state index is 0.193. The van der Waals surface area contributed by atoms with Gasteiger partial charge in [-0.05, 0) is 86.5 Å². The molecule has 144 valence electrons. The quantitative estimate of drug-likeness (QED) is 0.686. The zero-order chi connectivity index (χ0) is 18.7. The molecule has 4 aliphatic carbocycles. The number of carboxylic acid groups (broad SMARTS) is 1. The van der Waals surface area contributed by atoms with Crippen molar-refractivity contribution in [2.75, 3.05) is 0 Å². The fourth-order valence-electron chi connectivity index (χ4n) is 7.61. The SMILES string of the molecule is CC(OC(=O)O)[C@H]1CC[C@H]2[C@@H]3CCC4=CC(=O)CC[C@]4(C)[C@H]3CC[C@]12C. The lowest BCUT2D eigenvalue weighted by atomic mass is 9.46. The van der Waals surface area contributed by atoms with E-state index in [1.807, 2.05) is 13.0 Å². The van der Waals surface area contributed by atoms with Crippen LogP contribution in [0.3, 0.4) is 0 Å². The van der Waals surface area contributed by atoms with Crippen molar-refractivity contribution < 1.29 is 19.4 Å². The second-order valence-corrected chi connectivity index (χ2v) is 9.79. The highest BCUT2D eigenvalue weighted by Gasteiger charge is 2.59. The predicted octanol–water partition coefficient (Wildman–Crippen LogP) is 5.22. The van der Waals surface area contributed by atoms with Crippen LogP contribution in [0.1, 0.15) is 72.1 Å². The van der Waals surface area contributed by atoms with Gasteiger partial charge in [0.15, 0.2) is 5.78 Å². The fraction of sp³-hybridized carbons (Fsp3) is 0.818. The monoisotopic (exact) mass is 360 g/mol. The van der Waals surface area contributed by atoms with Gasteiger partial charge in [-0.25, -0.2) is 4.79 Å². The van der Waals surface area contributed by atoms with Gasteiger partial charge in [0.05, 0.1) is 0 Å². The second-order valence-electron chi connectivity index (χ2n) is 9.79. The normalized spacial score (nSPS) is 45.8. The van der Waals surface area contributed by atoms with Crippen LogP contribution < -0.4 is 0 Å². The van der Waals surface area contributed by atoms with Crippen LogP contribution in [0, 0.1) is 34.5 Å². The third-order valence-electron chi connectivity index (χ3n) is 8.89. The van der Waals surface area contributed by atoms with Crippen molar-refractivity contribution in [1.82, 2.24) is 0 Å². The van der Waals surface area contributed by atoms with Crippen molar-refractivity contribution in [3.8, 4) is 0 Å². The number of carbonyl (C=O) groups excluding carboxylic acids is 1. The summed E-state index contributed by atoms with van der Waals surface area (Å²) in [5.74, 6) is 2.72. The Morgan fingerprint density at radius 1 is 1.15 bits per heavy atom. The van der Waals surface area contributed by atoms with Gasteiger partial charge in [0.2, 0.25) is 0 Å². The van der Waals surface area contributed by atoms with Gasteiger partial charge in [-0.1, -0.05) is 19.4 Å². The lowest BCUT2D eigenvalue weighted by molar-refractivity contribution is -0.118. The van der Waals surface area contributed by atoms with E-state index in [1.54, 1.807) is 0 Å². The molecule has 0 aromatic rings. The Bertz CT molecular complexity index is 653. The Kier molecular flexibility index (Phi) is 4.24. The summed E-state index contributed by atoms with van der Waals surface area (Å²) < 4.78 is 5.17. The summed E-state index contributed by atoms with van der Waals surface area (Å²) in [6.07, 6.45) is 9.23. The molecule has 0 aliphatic heterocycles. The molecule has 1 N–H and O–H groups in total. The van der Waals surface area contributed by atoms with E-state index in [2.05, 4.69) is 13.8 Å². The lowest BCUT2D eigenvalue weighted by Crippen LogP contribution is -2.51. The Hall–Kier alpha value is -1.32. The molecule has 4 heteroatoms. The molecule has 0 heterocycles. The molecule has 0 aromatic carbocycles. The largest absolute Gasteiger partial charge is 0.506 e. The predicted molar refractivity (Wildman–Crippen MR) is 98.8 cm³/mol. The summed E-state index contributed by atoms with van der Waals surface area (Å²) in [6, 6.07) is 0. The second kappa shape index (κ2) is 6.10. The van der Waals surface area contributed by atoms with Crippen LogP contribution in [-0.4, -0.2) is 23.1 Å². The number of ether oxygens (including phenoxy) is 1. The van der Waals surface area contributed by atoms with Crippen LogP contribution in [0.2, 0.25) is 0 Å². The molecule has 0 saturated heterocycles. The smallest absolute Gasteiger partial charge is 0.450 e. The van der Waals surface area contributed by atoms with E-state index in [1.165, 1.54) is 24.8 Å². The van der Waals surface area contributed by atoms with Crippen LogP contribution in [0.15, 0.2) is 11.6 Å². The average molecular weight is 360 g/mol. The van der Waals surface area contributed by atoms with Gasteiger partial charge in [-0.15, -0.1) is 0 Å². The summed E-state index contributed by atoms with van der Waals surface area (Å²) in [7, 11) is 0. The molecule has 7 atom stereocenters. The standard InChI is InChI=1S/C22H32O4/c1-13(26-20(24)25)17-6-7-18-16-5-4-14-12-15(23)8-10-21(14,2)19(16)9-11-22(17,18)3/h12-13,16-19H,4-11H2,1-3H3,(H,24,25)/t13?,16-,17+,18-,19-,21-,22+/m0/s1. The molecule has 4 rings (SSSR count). The van der Waals surface area contributed by atoms with Gasteiger partial charge in [0.25, 0.3) is 0 Å². The van der Waals surface area contributed by atoms with Gasteiger partial charge in [-0.3, -0.25) is 4.79 Å². The maximum absolute atomic E-state index is 11.9.